The van der Waals surface area contributed by atoms with E-state index in [1.165, 1.54) is 11.1 Å². The van der Waals surface area contributed by atoms with Gasteiger partial charge in [-0.2, -0.15) is 0 Å². The monoisotopic (exact) mass is 291 g/mol. The van der Waals surface area contributed by atoms with Crippen LogP contribution < -0.4 is 4.74 Å². The van der Waals surface area contributed by atoms with E-state index >= 15 is 0 Å². The van der Waals surface area contributed by atoms with Crippen LogP contribution in [0, 0.1) is 13.8 Å². The highest BCUT2D eigenvalue weighted by atomic mass is 16.5. The van der Waals surface area contributed by atoms with Gasteiger partial charge in [0.25, 0.3) is 0 Å². The van der Waals surface area contributed by atoms with Crippen LogP contribution in [0.5, 0.6) is 5.75 Å². The number of nitrogens with zero attached hydrogens (tertiary/aromatic N) is 1. The molecular formula is C17H25NO3. The minimum atomic E-state index is -0.527. The number of aliphatic hydroxyl groups is 1. The lowest BCUT2D eigenvalue weighted by Crippen LogP contribution is -2.60. The van der Waals surface area contributed by atoms with Gasteiger partial charge in [0.05, 0.1) is 19.3 Å². The van der Waals surface area contributed by atoms with E-state index in [4.69, 9.17) is 9.47 Å². The molecule has 1 fully saturated rings. The number of hydrogen-bond donors (Lipinski definition) is 1. The van der Waals surface area contributed by atoms with Crippen LogP contribution in [0.3, 0.4) is 0 Å². The van der Waals surface area contributed by atoms with Gasteiger partial charge in [-0.05, 0) is 51.0 Å². The van der Waals surface area contributed by atoms with Crippen LogP contribution in [0.15, 0.2) is 12.1 Å². The summed E-state index contributed by atoms with van der Waals surface area (Å²) in [4.78, 5) is 2.30. The van der Waals surface area contributed by atoms with Gasteiger partial charge in [-0.15, -0.1) is 0 Å². The summed E-state index contributed by atoms with van der Waals surface area (Å²) in [5, 5.41) is 11.0. The van der Waals surface area contributed by atoms with Gasteiger partial charge in [0.1, 0.15) is 17.5 Å². The van der Waals surface area contributed by atoms with Gasteiger partial charge in [-0.3, -0.25) is 4.90 Å². The molecule has 2 atom stereocenters. The lowest BCUT2D eigenvalue weighted by molar-refractivity contribution is -0.106. The maximum absolute atomic E-state index is 11.0. The molecule has 1 aromatic rings. The van der Waals surface area contributed by atoms with E-state index in [9.17, 15) is 5.11 Å². The van der Waals surface area contributed by atoms with Crippen molar-refractivity contribution < 1.29 is 14.6 Å². The lowest BCUT2D eigenvalue weighted by Gasteiger charge is -2.49. The number of benzene rings is 1. The molecule has 0 amide bonds. The van der Waals surface area contributed by atoms with Crippen LogP contribution in [0.2, 0.25) is 0 Å². The molecule has 1 saturated heterocycles. The van der Waals surface area contributed by atoms with Gasteiger partial charge in [-0.1, -0.05) is 0 Å². The zero-order chi connectivity index (χ0) is 15.2. The van der Waals surface area contributed by atoms with E-state index in [-0.39, 0.29) is 6.04 Å². The summed E-state index contributed by atoms with van der Waals surface area (Å²) >= 11 is 0. The Morgan fingerprint density at radius 1 is 1.14 bits per heavy atom. The molecule has 0 aliphatic carbocycles. The molecule has 0 aromatic heterocycles. The molecule has 2 heterocycles. The quantitative estimate of drug-likeness (QED) is 0.861. The minimum Gasteiger partial charge on any atom is -0.486 e. The molecule has 1 aromatic carbocycles. The SMILES string of the molecule is Cc1cc2c(cc1C)C(O)C(N1CCOCC1)C(C)(C)O2. The van der Waals surface area contributed by atoms with Crippen molar-refractivity contribution in [2.24, 2.45) is 0 Å². The van der Waals surface area contributed by atoms with Crippen molar-refractivity contribution in [3.05, 3.63) is 28.8 Å². The van der Waals surface area contributed by atoms with Gasteiger partial charge in [0.15, 0.2) is 0 Å². The molecule has 4 heteroatoms. The molecule has 116 valence electrons. The van der Waals surface area contributed by atoms with E-state index in [0.29, 0.717) is 0 Å². The minimum absolute atomic E-state index is 0.0454. The van der Waals surface area contributed by atoms with Crippen LogP contribution in [-0.4, -0.2) is 48.0 Å². The Bertz CT molecular complexity index is 535. The van der Waals surface area contributed by atoms with E-state index in [1.54, 1.807) is 0 Å². The van der Waals surface area contributed by atoms with Gasteiger partial charge in [-0.25, -0.2) is 0 Å². The molecule has 2 aliphatic heterocycles. The van der Waals surface area contributed by atoms with Crippen LogP contribution in [0.25, 0.3) is 0 Å². The molecule has 21 heavy (non-hydrogen) atoms. The first-order chi connectivity index (χ1) is 9.90. The molecule has 2 aliphatic rings. The fraction of sp³-hybridized carbons (Fsp3) is 0.647. The zero-order valence-electron chi connectivity index (χ0n) is 13.3. The van der Waals surface area contributed by atoms with Crippen molar-refractivity contribution >= 4 is 0 Å². The molecule has 2 unspecified atom stereocenters. The fourth-order valence-corrected chi connectivity index (χ4v) is 3.52. The fourth-order valence-electron chi connectivity index (χ4n) is 3.52. The van der Waals surface area contributed by atoms with Crippen LogP contribution in [-0.2, 0) is 4.74 Å². The molecule has 0 saturated carbocycles. The zero-order valence-corrected chi connectivity index (χ0v) is 13.3. The summed E-state index contributed by atoms with van der Waals surface area (Å²) in [6.45, 7) is 11.4. The number of morpholine rings is 1. The topological polar surface area (TPSA) is 41.9 Å². The van der Waals surface area contributed by atoms with Crippen molar-refractivity contribution in [1.82, 2.24) is 4.90 Å². The van der Waals surface area contributed by atoms with Gasteiger partial charge in [0.2, 0.25) is 0 Å². The summed E-state index contributed by atoms with van der Waals surface area (Å²) in [5.41, 5.74) is 2.87. The van der Waals surface area contributed by atoms with E-state index in [2.05, 4.69) is 38.7 Å². The maximum atomic E-state index is 11.0. The third kappa shape index (κ3) is 2.56. The number of hydrogen-bond acceptors (Lipinski definition) is 4. The Balaban J connectivity index is 1.99. The van der Waals surface area contributed by atoms with Crippen molar-refractivity contribution in [2.75, 3.05) is 26.3 Å². The van der Waals surface area contributed by atoms with E-state index in [1.807, 2.05) is 6.07 Å². The maximum Gasteiger partial charge on any atom is 0.126 e. The lowest BCUT2D eigenvalue weighted by atomic mass is 9.83. The normalized spacial score (nSPS) is 28.8. The second-order valence-electron chi connectivity index (χ2n) is 6.72. The first-order valence-corrected chi connectivity index (χ1v) is 7.70. The Hall–Kier alpha value is -1.10. The van der Waals surface area contributed by atoms with Crippen molar-refractivity contribution in [1.29, 1.82) is 0 Å². The van der Waals surface area contributed by atoms with Crippen LogP contribution in [0.4, 0.5) is 0 Å². The second-order valence-corrected chi connectivity index (χ2v) is 6.72. The molecule has 4 nitrogen and oxygen atoms in total. The summed E-state index contributed by atoms with van der Waals surface area (Å²) in [6, 6.07) is 4.07. The molecular weight excluding hydrogens is 266 g/mol. The van der Waals surface area contributed by atoms with E-state index in [0.717, 1.165) is 37.6 Å². The first-order valence-electron chi connectivity index (χ1n) is 7.70. The third-order valence-electron chi connectivity index (χ3n) is 4.77. The summed E-state index contributed by atoms with van der Waals surface area (Å²) in [5.74, 6) is 0.820. The Morgan fingerprint density at radius 2 is 1.76 bits per heavy atom. The number of fused-ring (bicyclic) bond motifs is 1. The molecule has 0 bridgehead atoms. The average Bonchev–Trinajstić information content (AvgIpc) is 2.42. The Morgan fingerprint density at radius 3 is 2.43 bits per heavy atom. The number of aryl methyl sites for hydroxylation is 2. The average molecular weight is 291 g/mol. The predicted molar refractivity (Wildman–Crippen MR) is 81.8 cm³/mol. The standard InChI is InChI=1S/C17H25NO3/c1-11-9-13-14(10-12(11)2)21-17(3,4)16(15(13)19)18-5-7-20-8-6-18/h9-10,15-16,19H,5-8H2,1-4H3. The van der Waals surface area contributed by atoms with Gasteiger partial charge in [0, 0.05) is 18.7 Å². The molecule has 3 rings (SSSR count). The third-order valence-corrected chi connectivity index (χ3v) is 4.77. The number of ether oxygens (including phenoxy) is 2. The summed E-state index contributed by atoms with van der Waals surface area (Å²) < 4.78 is 11.7. The van der Waals surface area contributed by atoms with Crippen molar-refractivity contribution in [3.8, 4) is 5.75 Å². The Kier molecular flexibility index (Phi) is 3.72. The van der Waals surface area contributed by atoms with Crippen LogP contribution in [0.1, 0.15) is 36.6 Å². The summed E-state index contributed by atoms with van der Waals surface area (Å²) in [7, 11) is 0. The first kappa shape index (κ1) is 14.8. The Labute approximate surface area is 126 Å². The van der Waals surface area contributed by atoms with E-state index < -0.39 is 11.7 Å². The van der Waals surface area contributed by atoms with Gasteiger partial charge < -0.3 is 14.6 Å². The molecule has 0 radical (unpaired) electrons. The van der Waals surface area contributed by atoms with Gasteiger partial charge >= 0.3 is 0 Å². The predicted octanol–water partition coefficient (Wildman–Crippen LogP) is 2.21. The van der Waals surface area contributed by atoms with Crippen molar-refractivity contribution in [2.45, 2.75) is 45.4 Å². The highest BCUT2D eigenvalue weighted by Gasteiger charge is 2.46. The van der Waals surface area contributed by atoms with Crippen LogP contribution >= 0.6 is 0 Å². The highest BCUT2D eigenvalue weighted by Crippen LogP contribution is 2.43. The number of aliphatic hydroxyl groups excluding tert-OH is 1. The smallest absolute Gasteiger partial charge is 0.126 e. The highest BCUT2D eigenvalue weighted by molar-refractivity contribution is 5.46. The van der Waals surface area contributed by atoms with Crippen molar-refractivity contribution in [3.63, 3.8) is 0 Å². The largest absolute Gasteiger partial charge is 0.486 e. The second kappa shape index (κ2) is 5.27. The molecule has 1 N–H and O–H groups in total. The summed E-state index contributed by atoms with van der Waals surface area (Å²) in [6.07, 6.45) is -0.527. The molecule has 0 spiro atoms. The number of rotatable bonds is 1.